The number of nitrogen functional groups attached to an aromatic ring is 1. The van der Waals surface area contributed by atoms with Crippen LogP contribution < -0.4 is 11.1 Å². The van der Waals surface area contributed by atoms with Gasteiger partial charge in [-0.1, -0.05) is 0 Å². The van der Waals surface area contributed by atoms with Crippen molar-refractivity contribution in [1.82, 2.24) is 25.3 Å². The van der Waals surface area contributed by atoms with Crippen molar-refractivity contribution in [3.05, 3.63) is 46.7 Å². The highest BCUT2D eigenvalue weighted by atomic mass is 19.1. The number of rotatable bonds is 3. The summed E-state index contributed by atoms with van der Waals surface area (Å²) in [5.74, 6) is -1.17. The minimum atomic E-state index is -0.913. The van der Waals surface area contributed by atoms with Gasteiger partial charge >= 0.3 is 6.09 Å². The summed E-state index contributed by atoms with van der Waals surface area (Å²) < 4.78 is 34.1. The fraction of sp³-hybridized carbons (Fsp3) is 0.500. The summed E-state index contributed by atoms with van der Waals surface area (Å²) in [6.45, 7) is 6.03. The molecule has 3 unspecified atom stereocenters. The van der Waals surface area contributed by atoms with E-state index < -0.39 is 41.5 Å². The number of piperidine rings is 1. The Labute approximate surface area is 190 Å². The van der Waals surface area contributed by atoms with Crippen LogP contribution in [0.5, 0.6) is 0 Å². The Hall–Kier alpha value is -3.21. The summed E-state index contributed by atoms with van der Waals surface area (Å²) in [6, 6.07) is 0.841. The van der Waals surface area contributed by atoms with E-state index in [9.17, 15) is 18.4 Å². The summed E-state index contributed by atoms with van der Waals surface area (Å²) in [7, 11) is 1.53. The van der Waals surface area contributed by atoms with Gasteiger partial charge in [-0.05, 0) is 45.4 Å². The van der Waals surface area contributed by atoms with E-state index in [2.05, 4.69) is 15.5 Å². The van der Waals surface area contributed by atoms with Crippen LogP contribution >= 0.6 is 0 Å². The molecule has 4 N–H and O–H groups in total. The fourth-order valence-corrected chi connectivity index (χ4v) is 4.59. The van der Waals surface area contributed by atoms with Crippen molar-refractivity contribution in [2.45, 2.75) is 64.0 Å². The van der Waals surface area contributed by atoms with E-state index in [1.54, 1.807) is 20.8 Å². The highest BCUT2D eigenvalue weighted by Crippen LogP contribution is 2.37. The molecular formula is C22H28F2N6O3. The van der Waals surface area contributed by atoms with E-state index in [4.69, 9.17) is 10.5 Å². The molecule has 3 heterocycles. The monoisotopic (exact) mass is 462 g/mol. The third kappa shape index (κ3) is 4.50. The van der Waals surface area contributed by atoms with Gasteiger partial charge in [0.05, 0.1) is 23.8 Å². The Morgan fingerprint density at radius 3 is 2.70 bits per heavy atom. The molecule has 0 radical (unpaired) electrons. The summed E-state index contributed by atoms with van der Waals surface area (Å²) in [4.78, 5) is 29.3. The minimum absolute atomic E-state index is 0.00885. The first-order valence-electron chi connectivity index (χ1n) is 10.7. The van der Waals surface area contributed by atoms with Gasteiger partial charge in [-0.2, -0.15) is 5.10 Å². The number of aromatic amines is 1. The molecule has 4 rings (SSSR count). The number of likely N-dealkylation sites (tertiary alicyclic amines) is 1. The van der Waals surface area contributed by atoms with E-state index in [1.165, 1.54) is 11.9 Å². The number of hydrogen-bond acceptors (Lipinski definition) is 6. The molecule has 11 heteroatoms. The molecule has 2 amide bonds. The van der Waals surface area contributed by atoms with Crippen LogP contribution in [0.4, 0.5) is 19.4 Å². The van der Waals surface area contributed by atoms with Crippen LogP contribution in [0.1, 0.15) is 50.1 Å². The average Bonchev–Trinajstić information content (AvgIpc) is 3.27. The average molecular weight is 463 g/mol. The SMILES string of the molecule is CN1C(=O)C(N2Cc3[nH]nc(N)c3C2)CC(NC(=O)OC(C)(C)C)C1c1cc(F)ccc1F. The second-order valence-electron chi connectivity index (χ2n) is 9.53. The number of nitrogens with one attached hydrogen (secondary N) is 2. The number of fused-ring (bicyclic) bond motifs is 1. The molecule has 0 spiro atoms. The van der Waals surface area contributed by atoms with E-state index in [0.717, 1.165) is 29.5 Å². The predicted octanol–water partition coefficient (Wildman–Crippen LogP) is 2.45. The maximum absolute atomic E-state index is 14.7. The summed E-state index contributed by atoms with van der Waals surface area (Å²) in [6.07, 6.45) is -0.517. The van der Waals surface area contributed by atoms with Gasteiger partial charge in [0.25, 0.3) is 0 Å². The van der Waals surface area contributed by atoms with Crippen molar-refractivity contribution in [2.24, 2.45) is 0 Å². The molecule has 2 aliphatic rings. The Balaban J connectivity index is 1.65. The van der Waals surface area contributed by atoms with Gasteiger partial charge in [0, 0.05) is 31.3 Å². The van der Waals surface area contributed by atoms with Crippen LogP contribution in [-0.4, -0.2) is 56.7 Å². The van der Waals surface area contributed by atoms with E-state index in [-0.39, 0.29) is 17.9 Å². The van der Waals surface area contributed by atoms with Gasteiger partial charge in [-0.15, -0.1) is 0 Å². The quantitative estimate of drug-likeness (QED) is 0.645. The molecule has 0 saturated carbocycles. The normalized spacial score (nSPS) is 23.5. The second-order valence-corrected chi connectivity index (χ2v) is 9.53. The van der Waals surface area contributed by atoms with Crippen LogP contribution in [-0.2, 0) is 22.6 Å². The zero-order valence-corrected chi connectivity index (χ0v) is 19.0. The molecule has 1 aromatic heterocycles. The Bertz CT molecular complexity index is 1080. The van der Waals surface area contributed by atoms with Crippen molar-refractivity contribution in [1.29, 1.82) is 0 Å². The third-order valence-corrected chi connectivity index (χ3v) is 6.04. The molecule has 2 aromatic rings. The van der Waals surface area contributed by atoms with Crippen LogP contribution in [0, 0.1) is 11.6 Å². The van der Waals surface area contributed by atoms with Gasteiger partial charge in [0.1, 0.15) is 23.1 Å². The first-order chi connectivity index (χ1) is 15.4. The highest BCUT2D eigenvalue weighted by Gasteiger charge is 2.46. The van der Waals surface area contributed by atoms with Gasteiger partial charge in [-0.3, -0.25) is 14.8 Å². The van der Waals surface area contributed by atoms with Gasteiger partial charge < -0.3 is 20.7 Å². The van der Waals surface area contributed by atoms with E-state index >= 15 is 0 Å². The number of ether oxygens (including phenoxy) is 1. The maximum atomic E-state index is 14.7. The smallest absolute Gasteiger partial charge is 0.407 e. The molecule has 0 bridgehead atoms. The van der Waals surface area contributed by atoms with E-state index in [1.807, 2.05) is 4.90 Å². The topological polar surface area (TPSA) is 117 Å². The Morgan fingerprint density at radius 2 is 2.03 bits per heavy atom. The third-order valence-electron chi connectivity index (χ3n) is 6.04. The van der Waals surface area contributed by atoms with Crippen molar-refractivity contribution in [3.8, 4) is 0 Å². The molecule has 1 aromatic carbocycles. The predicted molar refractivity (Wildman–Crippen MR) is 116 cm³/mol. The Kier molecular flexibility index (Phi) is 5.77. The number of benzene rings is 1. The zero-order valence-electron chi connectivity index (χ0n) is 19.0. The number of halogens is 2. The molecule has 33 heavy (non-hydrogen) atoms. The number of aromatic nitrogens is 2. The molecule has 1 fully saturated rings. The molecule has 2 aliphatic heterocycles. The largest absolute Gasteiger partial charge is 0.444 e. The number of nitrogens with zero attached hydrogens (tertiary/aromatic N) is 3. The number of carbonyl (C=O) groups excluding carboxylic acids is 2. The van der Waals surface area contributed by atoms with Crippen LogP contribution in [0.15, 0.2) is 18.2 Å². The van der Waals surface area contributed by atoms with Crippen LogP contribution in [0.3, 0.4) is 0 Å². The minimum Gasteiger partial charge on any atom is -0.444 e. The number of amides is 2. The highest BCUT2D eigenvalue weighted by molar-refractivity contribution is 5.84. The fourth-order valence-electron chi connectivity index (χ4n) is 4.59. The van der Waals surface area contributed by atoms with Crippen LogP contribution in [0.25, 0.3) is 0 Å². The number of carbonyl (C=O) groups is 2. The lowest BCUT2D eigenvalue weighted by molar-refractivity contribution is -0.144. The number of alkyl carbamates (subject to hydrolysis) is 1. The number of likely N-dealkylation sites (N-methyl/N-ethyl adjacent to an activating group) is 1. The number of hydrogen-bond donors (Lipinski definition) is 3. The number of H-pyrrole nitrogens is 1. The summed E-state index contributed by atoms with van der Waals surface area (Å²) in [5, 5.41) is 9.65. The van der Waals surface area contributed by atoms with Gasteiger partial charge in [0.2, 0.25) is 5.91 Å². The molecular weight excluding hydrogens is 434 g/mol. The lowest BCUT2D eigenvalue weighted by atomic mass is 9.87. The summed E-state index contributed by atoms with van der Waals surface area (Å²) >= 11 is 0. The second kappa shape index (κ2) is 8.29. The first-order valence-corrected chi connectivity index (χ1v) is 10.7. The number of nitrogens with two attached hydrogens (primary N) is 1. The molecule has 3 atom stereocenters. The van der Waals surface area contributed by atoms with Crippen molar-refractivity contribution in [3.63, 3.8) is 0 Å². The summed E-state index contributed by atoms with van der Waals surface area (Å²) in [5.41, 5.74) is 6.82. The molecule has 1 saturated heterocycles. The zero-order chi connectivity index (χ0) is 24.1. The van der Waals surface area contributed by atoms with Crippen LogP contribution in [0.2, 0.25) is 0 Å². The molecule has 178 valence electrons. The van der Waals surface area contributed by atoms with Gasteiger partial charge in [-0.25, -0.2) is 13.6 Å². The molecule has 9 nitrogen and oxygen atoms in total. The van der Waals surface area contributed by atoms with Crippen molar-refractivity contribution in [2.75, 3.05) is 12.8 Å². The lowest BCUT2D eigenvalue weighted by Gasteiger charge is -2.45. The molecule has 0 aliphatic carbocycles. The Morgan fingerprint density at radius 1 is 1.30 bits per heavy atom. The van der Waals surface area contributed by atoms with Crippen molar-refractivity contribution >= 4 is 17.8 Å². The van der Waals surface area contributed by atoms with Gasteiger partial charge in [0.15, 0.2) is 0 Å². The maximum Gasteiger partial charge on any atom is 0.407 e. The first kappa shape index (κ1) is 23.0. The van der Waals surface area contributed by atoms with E-state index in [0.29, 0.717) is 18.9 Å². The van der Waals surface area contributed by atoms with Crippen molar-refractivity contribution < 1.29 is 23.1 Å². The number of anilines is 1. The lowest BCUT2D eigenvalue weighted by Crippen LogP contribution is -2.60. The standard InChI is InChI=1S/C22H28F2N6O3/c1-22(2,3)33-21(32)26-15-8-17(30-9-13-16(10-30)27-28-19(13)25)20(31)29(4)18(15)12-7-11(23)5-6-14(12)24/h5-7,15,17-18H,8-10H2,1-4H3,(H,26,32)(H3,25,27,28).